The van der Waals surface area contributed by atoms with Gasteiger partial charge in [0.15, 0.2) is 0 Å². The molecule has 0 saturated heterocycles. The molecule has 1 amide bonds. The van der Waals surface area contributed by atoms with Gasteiger partial charge < -0.3 is 15.4 Å². The molecular formula is C19H18ClFN2O2. The second-order valence-electron chi connectivity index (χ2n) is 6.28. The molecule has 0 saturated carbocycles. The maximum atomic E-state index is 13.5. The van der Waals surface area contributed by atoms with Crippen LogP contribution < -0.4 is 5.32 Å². The van der Waals surface area contributed by atoms with E-state index in [2.05, 4.69) is 10.3 Å². The number of fused-ring (bicyclic) bond motifs is 1. The van der Waals surface area contributed by atoms with Crippen molar-refractivity contribution in [2.45, 2.75) is 19.4 Å². The molecule has 4 nitrogen and oxygen atoms in total. The third-order valence-corrected chi connectivity index (χ3v) is 4.49. The minimum Gasteiger partial charge on any atom is -0.384 e. The normalized spacial score (nSPS) is 13.6. The number of amides is 1. The van der Waals surface area contributed by atoms with E-state index < -0.39 is 11.4 Å². The number of hydrogen-bond acceptors (Lipinski definition) is 2. The molecule has 130 valence electrons. The van der Waals surface area contributed by atoms with Crippen LogP contribution in [0.1, 0.15) is 28.5 Å². The Kier molecular flexibility index (Phi) is 4.54. The molecule has 3 aromatic rings. The van der Waals surface area contributed by atoms with Crippen LogP contribution in [0, 0.1) is 12.7 Å². The number of nitrogens with one attached hydrogen (secondary N) is 2. The minimum atomic E-state index is -1.26. The summed E-state index contributed by atoms with van der Waals surface area (Å²) in [6, 6.07) is 11.0. The van der Waals surface area contributed by atoms with Crippen molar-refractivity contribution in [3.8, 4) is 0 Å². The zero-order valence-corrected chi connectivity index (χ0v) is 14.6. The fraction of sp³-hybridized carbons (Fsp3) is 0.211. The number of rotatable bonds is 4. The molecule has 3 N–H and O–H groups in total. The van der Waals surface area contributed by atoms with E-state index in [1.54, 1.807) is 44.2 Å². The minimum absolute atomic E-state index is 0.00882. The monoisotopic (exact) mass is 360 g/mol. The van der Waals surface area contributed by atoms with Gasteiger partial charge in [0.05, 0.1) is 12.1 Å². The largest absolute Gasteiger partial charge is 0.384 e. The molecule has 0 aliphatic heterocycles. The van der Waals surface area contributed by atoms with Crippen LogP contribution >= 0.6 is 11.6 Å². The predicted molar refractivity (Wildman–Crippen MR) is 96.3 cm³/mol. The van der Waals surface area contributed by atoms with Gasteiger partial charge in [-0.05, 0) is 49.7 Å². The Morgan fingerprint density at radius 1 is 1.28 bits per heavy atom. The van der Waals surface area contributed by atoms with Crippen molar-refractivity contribution >= 4 is 28.4 Å². The van der Waals surface area contributed by atoms with Crippen molar-refractivity contribution in [1.82, 2.24) is 10.3 Å². The Hall–Kier alpha value is -2.37. The van der Waals surface area contributed by atoms with Crippen molar-refractivity contribution < 1.29 is 14.3 Å². The van der Waals surface area contributed by atoms with Gasteiger partial charge in [-0.1, -0.05) is 23.7 Å². The lowest BCUT2D eigenvalue weighted by molar-refractivity contribution is 0.0526. The first-order valence-corrected chi connectivity index (χ1v) is 8.20. The van der Waals surface area contributed by atoms with Crippen molar-refractivity contribution in [1.29, 1.82) is 0 Å². The Bertz CT molecular complexity index is 932. The molecule has 0 radical (unpaired) electrons. The van der Waals surface area contributed by atoms with E-state index in [0.717, 1.165) is 0 Å². The summed E-state index contributed by atoms with van der Waals surface area (Å²) in [5.74, 6) is -0.780. The van der Waals surface area contributed by atoms with Crippen molar-refractivity contribution in [2.24, 2.45) is 0 Å². The van der Waals surface area contributed by atoms with Crippen LogP contribution in [0.5, 0.6) is 0 Å². The molecular weight excluding hydrogens is 343 g/mol. The zero-order valence-electron chi connectivity index (χ0n) is 13.9. The Morgan fingerprint density at radius 2 is 1.96 bits per heavy atom. The second kappa shape index (κ2) is 6.50. The van der Waals surface area contributed by atoms with Gasteiger partial charge in [-0.25, -0.2) is 4.39 Å². The van der Waals surface area contributed by atoms with Gasteiger partial charge in [0.1, 0.15) is 11.4 Å². The molecule has 1 unspecified atom stereocenters. The number of benzene rings is 2. The average molecular weight is 361 g/mol. The summed E-state index contributed by atoms with van der Waals surface area (Å²) in [5, 5.41) is 14.4. The summed E-state index contributed by atoms with van der Waals surface area (Å²) in [5.41, 5.74) is 1.09. The number of aliphatic hydroxyl groups is 1. The van der Waals surface area contributed by atoms with Crippen LogP contribution in [0.15, 0.2) is 42.5 Å². The van der Waals surface area contributed by atoms with Gasteiger partial charge in [-0.15, -0.1) is 0 Å². The summed E-state index contributed by atoms with van der Waals surface area (Å²) in [4.78, 5) is 15.7. The van der Waals surface area contributed by atoms with E-state index in [0.29, 0.717) is 32.7 Å². The van der Waals surface area contributed by atoms with Crippen molar-refractivity contribution in [3.63, 3.8) is 0 Å². The Labute approximate surface area is 149 Å². The first-order valence-electron chi connectivity index (χ1n) is 7.82. The number of aryl methyl sites for hydroxylation is 1. The number of carbonyl (C=O) groups is 1. The molecule has 6 heteroatoms. The molecule has 1 heterocycles. The topological polar surface area (TPSA) is 65.1 Å². The van der Waals surface area contributed by atoms with Gasteiger partial charge in [-0.2, -0.15) is 0 Å². The molecule has 0 fully saturated rings. The molecule has 0 aliphatic carbocycles. The van der Waals surface area contributed by atoms with E-state index in [-0.39, 0.29) is 12.5 Å². The van der Waals surface area contributed by atoms with Crippen LogP contribution in [-0.2, 0) is 5.60 Å². The third-order valence-electron chi connectivity index (χ3n) is 4.23. The van der Waals surface area contributed by atoms with Crippen molar-refractivity contribution in [2.75, 3.05) is 6.54 Å². The third kappa shape index (κ3) is 3.52. The van der Waals surface area contributed by atoms with E-state index >= 15 is 0 Å². The Morgan fingerprint density at radius 3 is 2.64 bits per heavy atom. The molecule has 2 aromatic carbocycles. The maximum Gasteiger partial charge on any atom is 0.253 e. The quantitative estimate of drug-likeness (QED) is 0.660. The van der Waals surface area contributed by atoms with Crippen molar-refractivity contribution in [3.05, 3.63) is 70.1 Å². The number of aromatic nitrogens is 1. The zero-order chi connectivity index (χ0) is 18.2. The first-order chi connectivity index (χ1) is 11.8. The predicted octanol–water partition coefficient (Wildman–Crippen LogP) is 3.91. The second-order valence-corrected chi connectivity index (χ2v) is 6.71. The summed E-state index contributed by atoms with van der Waals surface area (Å²) in [6.07, 6.45) is 0. The fourth-order valence-corrected chi connectivity index (χ4v) is 2.97. The first kappa shape index (κ1) is 17.5. The van der Waals surface area contributed by atoms with E-state index in [1.165, 1.54) is 12.1 Å². The SMILES string of the molecule is Cc1[nH]c2ccc(F)cc2c1C(=O)NCC(C)(O)c1ccc(Cl)cc1. The van der Waals surface area contributed by atoms with E-state index in [1.807, 2.05) is 0 Å². The number of aromatic amines is 1. The standard InChI is InChI=1S/C19H18ClFN2O2/c1-11-17(15-9-14(21)7-8-16(15)23-11)18(24)22-10-19(2,25)12-3-5-13(20)6-4-12/h3-9,23,25H,10H2,1-2H3,(H,22,24). The fourth-order valence-electron chi connectivity index (χ4n) is 2.84. The number of hydrogen-bond donors (Lipinski definition) is 3. The highest BCUT2D eigenvalue weighted by atomic mass is 35.5. The highest BCUT2D eigenvalue weighted by Crippen LogP contribution is 2.25. The van der Waals surface area contributed by atoms with E-state index in [4.69, 9.17) is 11.6 Å². The van der Waals surface area contributed by atoms with E-state index in [9.17, 15) is 14.3 Å². The average Bonchev–Trinajstić information content (AvgIpc) is 2.88. The number of carbonyl (C=O) groups excluding carboxylic acids is 1. The van der Waals surface area contributed by atoms with Crippen LogP contribution in [0.25, 0.3) is 10.9 Å². The summed E-state index contributed by atoms with van der Waals surface area (Å²) in [6.45, 7) is 3.37. The molecule has 25 heavy (non-hydrogen) atoms. The highest BCUT2D eigenvalue weighted by molar-refractivity contribution is 6.30. The highest BCUT2D eigenvalue weighted by Gasteiger charge is 2.25. The lowest BCUT2D eigenvalue weighted by atomic mass is 9.96. The summed E-state index contributed by atoms with van der Waals surface area (Å²) < 4.78 is 13.5. The van der Waals surface area contributed by atoms with Crippen LogP contribution in [0.4, 0.5) is 4.39 Å². The summed E-state index contributed by atoms with van der Waals surface area (Å²) in [7, 11) is 0. The summed E-state index contributed by atoms with van der Waals surface area (Å²) >= 11 is 5.86. The number of halogens is 2. The van der Waals surface area contributed by atoms with Crippen LogP contribution in [0.3, 0.4) is 0 Å². The smallest absolute Gasteiger partial charge is 0.253 e. The van der Waals surface area contributed by atoms with Gasteiger partial charge in [0.2, 0.25) is 0 Å². The lowest BCUT2D eigenvalue weighted by Crippen LogP contribution is -2.38. The molecule has 0 bridgehead atoms. The molecule has 0 spiro atoms. The van der Waals surface area contributed by atoms with Gasteiger partial charge in [0, 0.05) is 21.6 Å². The van der Waals surface area contributed by atoms with Crippen LogP contribution in [-0.4, -0.2) is 22.5 Å². The van der Waals surface area contributed by atoms with Gasteiger partial charge in [0.25, 0.3) is 5.91 Å². The molecule has 3 rings (SSSR count). The van der Waals surface area contributed by atoms with Gasteiger partial charge >= 0.3 is 0 Å². The molecule has 1 atom stereocenters. The molecule has 0 aliphatic rings. The lowest BCUT2D eigenvalue weighted by Gasteiger charge is -2.24. The molecule has 1 aromatic heterocycles. The number of H-pyrrole nitrogens is 1. The maximum absolute atomic E-state index is 13.5. The Balaban J connectivity index is 1.82. The van der Waals surface area contributed by atoms with Crippen LogP contribution in [0.2, 0.25) is 5.02 Å². The van der Waals surface area contributed by atoms with Gasteiger partial charge in [-0.3, -0.25) is 4.79 Å².